The fourth-order valence-electron chi connectivity index (χ4n) is 0.669. The van der Waals surface area contributed by atoms with Crippen molar-refractivity contribution in [1.82, 2.24) is 4.90 Å². The highest BCUT2D eigenvalue weighted by Crippen LogP contribution is 1.88. The highest BCUT2D eigenvalue weighted by atomic mass is 16.5. The predicted molar refractivity (Wildman–Crippen MR) is 44.1 cm³/mol. The summed E-state index contributed by atoms with van der Waals surface area (Å²) in [5, 5.41) is 0. The van der Waals surface area contributed by atoms with Crippen LogP contribution >= 0.6 is 0 Å². The standard InChI is InChI=1S/C8H15NO2/c1-4-9(5-2)7-6-8(10)11-3/h6-7H,4-5H2,1-3H3/b7-6+. The van der Waals surface area contributed by atoms with E-state index in [1.54, 1.807) is 6.20 Å². The molecule has 0 radical (unpaired) electrons. The molecule has 0 heterocycles. The number of nitrogens with zero attached hydrogens (tertiary/aromatic N) is 1. The Morgan fingerprint density at radius 3 is 2.36 bits per heavy atom. The van der Waals surface area contributed by atoms with E-state index >= 15 is 0 Å². The lowest BCUT2D eigenvalue weighted by atomic mass is 10.5. The van der Waals surface area contributed by atoms with Crippen molar-refractivity contribution in [2.45, 2.75) is 13.8 Å². The first kappa shape index (κ1) is 10.0. The first-order valence-electron chi connectivity index (χ1n) is 3.74. The van der Waals surface area contributed by atoms with Crippen molar-refractivity contribution in [2.24, 2.45) is 0 Å². The van der Waals surface area contributed by atoms with Crippen molar-refractivity contribution < 1.29 is 9.53 Å². The van der Waals surface area contributed by atoms with Gasteiger partial charge in [0.05, 0.1) is 7.11 Å². The lowest BCUT2D eigenvalue weighted by molar-refractivity contribution is -0.134. The molecule has 11 heavy (non-hydrogen) atoms. The zero-order valence-electron chi connectivity index (χ0n) is 7.33. The van der Waals surface area contributed by atoms with Gasteiger partial charge in [0, 0.05) is 25.4 Å². The molecule has 0 aliphatic carbocycles. The van der Waals surface area contributed by atoms with E-state index < -0.39 is 0 Å². The molecule has 3 nitrogen and oxygen atoms in total. The average molecular weight is 157 g/mol. The fourth-order valence-corrected chi connectivity index (χ4v) is 0.669. The quantitative estimate of drug-likeness (QED) is 0.450. The molecule has 3 heteroatoms. The molecule has 0 atom stereocenters. The van der Waals surface area contributed by atoms with Crippen LogP contribution in [-0.2, 0) is 9.53 Å². The van der Waals surface area contributed by atoms with Crippen LogP contribution in [0.3, 0.4) is 0 Å². The molecular weight excluding hydrogens is 142 g/mol. The molecule has 0 aromatic carbocycles. The zero-order chi connectivity index (χ0) is 8.69. The van der Waals surface area contributed by atoms with Crippen LogP contribution in [0.15, 0.2) is 12.3 Å². The predicted octanol–water partition coefficient (Wildman–Crippen LogP) is 1.01. The summed E-state index contributed by atoms with van der Waals surface area (Å²) in [6.07, 6.45) is 3.17. The minimum absolute atomic E-state index is 0.308. The van der Waals surface area contributed by atoms with Gasteiger partial charge in [-0.3, -0.25) is 0 Å². The third-order valence-corrected chi connectivity index (χ3v) is 1.43. The van der Waals surface area contributed by atoms with Gasteiger partial charge in [-0.2, -0.15) is 0 Å². The Balaban J connectivity index is 3.78. The van der Waals surface area contributed by atoms with E-state index in [0.29, 0.717) is 0 Å². The Labute approximate surface area is 67.6 Å². The SMILES string of the molecule is CCN(/C=C/C(=O)OC)CC. The van der Waals surface area contributed by atoms with Gasteiger partial charge in [0.15, 0.2) is 0 Å². The van der Waals surface area contributed by atoms with Crippen molar-refractivity contribution >= 4 is 5.97 Å². The molecule has 0 aliphatic rings. The van der Waals surface area contributed by atoms with E-state index in [4.69, 9.17) is 0 Å². The normalized spacial score (nSPS) is 10.1. The zero-order valence-corrected chi connectivity index (χ0v) is 7.33. The first-order chi connectivity index (χ1) is 5.24. The molecule has 0 amide bonds. The summed E-state index contributed by atoms with van der Waals surface area (Å²) in [6.45, 7) is 5.88. The van der Waals surface area contributed by atoms with Crippen LogP contribution in [-0.4, -0.2) is 31.1 Å². The number of esters is 1. The van der Waals surface area contributed by atoms with Gasteiger partial charge in [0.1, 0.15) is 0 Å². The Kier molecular flexibility index (Phi) is 5.25. The van der Waals surface area contributed by atoms with Gasteiger partial charge in [-0.25, -0.2) is 4.79 Å². The van der Waals surface area contributed by atoms with E-state index in [1.807, 2.05) is 18.7 Å². The highest BCUT2D eigenvalue weighted by molar-refractivity contribution is 5.81. The minimum Gasteiger partial charge on any atom is -0.466 e. The molecule has 64 valence electrons. The summed E-state index contributed by atoms with van der Waals surface area (Å²) in [6, 6.07) is 0. The van der Waals surface area contributed by atoms with Crippen molar-refractivity contribution in [3.8, 4) is 0 Å². The number of hydrogen-bond donors (Lipinski definition) is 0. The van der Waals surface area contributed by atoms with Gasteiger partial charge in [-0.05, 0) is 13.8 Å². The van der Waals surface area contributed by atoms with Crippen molar-refractivity contribution in [1.29, 1.82) is 0 Å². The van der Waals surface area contributed by atoms with Crippen LogP contribution in [0.25, 0.3) is 0 Å². The molecule has 0 saturated carbocycles. The molecular formula is C8H15NO2. The second kappa shape index (κ2) is 5.77. The van der Waals surface area contributed by atoms with Gasteiger partial charge in [0.25, 0.3) is 0 Å². The molecule has 0 aromatic rings. The smallest absolute Gasteiger partial charge is 0.331 e. The minimum atomic E-state index is -0.308. The third kappa shape index (κ3) is 4.42. The van der Waals surface area contributed by atoms with Crippen molar-refractivity contribution in [3.63, 3.8) is 0 Å². The average Bonchev–Trinajstić information content (AvgIpc) is 2.06. The van der Waals surface area contributed by atoms with Crippen molar-refractivity contribution in [2.75, 3.05) is 20.2 Å². The maximum atomic E-state index is 10.6. The summed E-state index contributed by atoms with van der Waals surface area (Å²) in [7, 11) is 1.37. The second-order valence-electron chi connectivity index (χ2n) is 2.06. The summed E-state index contributed by atoms with van der Waals surface area (Å²) in [5.41, 5.74) is 0. The maximum absolute atomic E-state index is 10.6. The summed E-state index contributed by atoms with van der Waals surface area (Å²) in [5.74, 6) is -0.308. The summed E-state index contributed by atoms with van der Waals surface area (Å²) < 4.78 is 4.44. The van der Waals surface area contributed by atoms with E-state index in [2.05, 4.69) is 4.74 Å². The Bertz CT molecular complexity index is 139. The number of methoxy groups -OCH3 is 1. The number of carbonyl (C=O) groups is 1. The third-order valence-electron chi connectivity index (χ3n) is 1.43. The highest BCUT2D eigenvalue weighted by Gasteiger charge is 1.93. The van der Waals surface area contributed by atoms with E-state index in [1.165, 1.54) is 13.2 Å². The van der Waals surface area contributed by atoms with Crippen LogP contribution < -0.4 is 0 Å². The fraction of sp³-hybridized carbons (Fsp3) is 0.625. The molecule has 0 rings (SSSR count). The number of carbonyl (C=O) groups excluding carboxylic acids is 1. The largest absolute Gasteiger partial charge is 0.466 e. The molecule has 0 spiro atoms. The van der Waals surface area contributed by atoms with Gasteiger partial charge >= 0.3 is 5.97 Å². The van der Waals surface area contributed by atoms with Gasteiger partial charge in [-0.15, -0.1) is 0 Å². The van der Waals surface area contributed by atoms with Gasteiger partial charge in [0.2, 0.25) is 0 Å². The number of ether oxygens (including phenoxy) is 1. The van der Waals surface area contributed by atoms with Crippen LogP contribution in [0.5, 0.6) is 0 Å². The molecule has 0 fully saturated rings. The monoisotopic (exact) mass is 157 g/mol. The molecule has 0 aliphatic heterocycles. The lowest BCUT2D eigenvalue weighted by Crippen LogP contribution is -2.15. The maximum Gasteiger partial charge on any atom is 0.331 e. The molecule has 0 N–H and O–H groups in total. The van der Waals surface area contributed by atoms with Crippen LogP contribution in [0.4, 0.5) is 0 Å². The first-order valence-corrected chi connectivity index (χ1v) is 3.74. The topological polar surface area (TPSA) is 29.5 Å². The molecule has 0 unspecified atom stereocenters. The van der Waals surface area contributed by atoms with E-state index in [0.717, 1.165) is 13.1 Å². The molecule has 0 bridgehead atoms. The Morgan fingerprint density at radius 2 is 2.00 bits per heavy atom. The summed E-state index contributed by atoms with van der Waals surface area (Å²) >= 11 is 0. The molecule has 0 aromatic heterocycles. The number of rotatable bonds is 4. The van der Waals surface area contributed by atoms with E-state index in [-0.39, 0.29) is 5.97 Å². The molecule has 0 saturated heterocycles. The van der Waals surface area contributed by atoms with Crippen LogP contribution in [0, 0.1) is 0 Å². The Morgan fingerprint density at radius 1 is 1.45 bits per heavy atom. The summed E-state index contributed by atoms with van der Waals surface area (Å²) in [4.78, 5) is 12.6. The van der Waals surface area contributed by atoms with Crippen molar-refractivity contribution in [3.05, 3.63) is 12.3 Å². The Hall–Kier alpha value is -0.990. The second-order valence-corrected chi connectivity index (χ2v) is 2.06. The number of hydrogen-bond acceptors (Lipinski definition) is 3. The van der Waals surface area contributed by atoms with Crippen LogP contribution in [0.2, 0.25) is 0 Å². The van der Waals surface area contributed by atoms with Crippen LogP contribution in [0.1, 0.15) is 13.8 Å². The van der Waals surface area contributed by atoms with E-state index in [9.17, 15) is 4.79 Å². The van der Waals surface area contributed by atoms with Gasteiger partial charge in [-0.1, -0.05) is 0 Å². The lowest BCUT2D eigenvalue weighted by Gasteiger charge is -2.13. The van der Waals surface area contributed by atoms with Gasteiger partial charge < -0.3 is 9.64 Å².